The van der Waals surface area contributed by atoms with Gasteiger partial charge in [-0.15, -0.1) is 5.10 Å². The van der Waals surface area contributed by atoms with E-state index >= 15 is 0 Å². The first-order valence-corrected chi connectivity index (χ1v) is 9.23. The SMILES string of the molecule is Cn1cccc1/C=C/c1cc(-c2ccccc2)c(/C=C/c2cccn2C)nn1. The summed E-state index contributed by atoms with van der Waals surface area (Å²) in [4.78, 5) is 0. The molecule has 4 nitrogen and oxygen atoms in total. The Balaban J connectivity index is 1.72. The number of aryl methyl sites for hydroxylation is 2. The molecule has 0 amide bonds. The fourth-order valence-corrected chi connectivity index (χ4v) is 3.10. The van der Waals surface area contributed by atoms with Crippen molar-refractivity contribution in [3.63, 3.8) is 0 Å². The molecule has 0 saturated carbocycles. The van der Waals surface area contributed by atoms with Gasteiger partial charge in [0.15, 0.2) is 0 Å². The second kappa shape index (κ2) is 7.92. The minimum absolute atomic E-state index is 0.830. The summed E-state index contributed by atoms with van der Waals surface area (Å²) < 4.78 is 4.14. The summed E-state index contributed by atoms with van der Waals surface area (Å²) >= 11 is 0. The van der Waals surface area contributed by atoms with Crippen LogP contribution < -0.4 is 0 Å². The van der Waals surface area contributed by atoms with Gasteiger partial charge in [-0.1, -0.05) is 30.3 Å². The first-order chi connectivity index (χ1) is 13.7. The Morgan fingerprint density at radius 3 is 1.93 bits per heavy atom. The Bertz CT molecular complexity index is 1130. The predicted molar refractivity (Wildman–Crippen MR) is 116 cm³/mol. The van der Waals surface area contributed by atoms with Crippen LogP contribution in [0.4, 0.5) is 0 Å². The molecule has 1 aromatic carbocycles. The van der Waals surface area contributed by atoms with Gasteiger partial charge in [0.05, 0.1) is 11.4 Å². The van der Waals surface area contributed by atoms with Crippen LogP contribution in [-0.4, -0.2) is 19.3 Å². The molecule has 138 valence electrons. The summed E-state index contributed by atoms with van der Waals surface area (Å²) in [5.74, 6) is 0. The molecule has 4 heteroatoms. The highest BCUT2D eigenvalue weighted by Crippen LogP contribution is 2.25. The van der Waals surface area contributed by atoms with Crippen molar-refractivity contribution < 1.29 is 0 Å². The largest absolute Gasteiger partial charge is 0.351 e. The number of nitrogens with zero attached hydrogens (tertiary/aromatic N) is 4. The van der Waals surface area contributed by atoms with Crippen LogP contribution in [0.1, 0.15) is 22.8 Å². The maximum atomic E-state index is 4.50. The van der Waals surface area contributed by atoms with E-state index in [0.29, 0.717) is 0 Å². The molecule has 28 heavy (non-hydrogen) atoms. The first kappa shape index (κ1) is 17.7. The van der Waals surface area contributed by atoms with Gasteiger partial charge in [0, 0.05) is 43.4 Å². The predicted octanol–water partition coefficient (Wildman–Crippen LogP) is 5.16. The van der Waals surface area contributed by atoms with Crippen LogP contribution in [0.25, 0.3) is 35.4 Å². The maximum absolute atomic E-state index is 4.50. The van der Waals surface area contributed by atoms with Crippen molar-refractivity contribution in [1.82, 2.24) is 19.3 Å². The summed E-state index contributed by atoms with van der Waals surface area (Å²) in [6, 6.07) is 20.6. The van der Waals surface area contributed by atoms with Crippen molar-refractivity contribution in [2.45, 2.75) is 0 Å². The summed E-state index contributed by atoms with van der Waals surface area (Å²) in [5.41, 5.74) is 6.11. The van der Waals surface area contributed by atoms with Crippen molar-refractivity contribution in [3.05, 3.63) is 95.8 Å². The van der Waals surface area contributed by atoms with Gasteiger partial charge in [-0.2, -0.15) is 5.10 Å². The Kier molecular flexibility index (Phi) is 5.02. The monoisotopic (exact) mass is 366 g/mol. The average Bonchev–Trinajstić information content (AvgIpc) is 3.33. The zero-order valence-corrected chi connectivity index (χ0v) is 16.0. The number of hydrogen-bond acceptors (Lipinski definition) is 2. The summed E-state index contributed by atoms with van der Waals surface area (Å²) in [5, 5.41) is 8.91. The lowest BCUT2D eigenvalue weighted by Gasteiger charge is -2.07. The van der Waals surface area contributed by atoms with Gasteiger partial charge in [0.1, 0.15) is 0 Å². The molecule has 0 aliphatic heterocycles. The van der Waals surface area contributed by atoms with Gasteiger partial charge >= 0.3 is 0 Å². The Hall–Kier alpha value is -3.66. The lowest BCUT2D eigenvalue weighted by molar-refractivity contribution is 0.915. The number of benzene rings is 1. The standard InChI is InChI=1S/C24H22N4/c1-27-16-6-10-21(27)13-12-20-18-23(19-8-4-3-5-9-19)24(26-25-20)15-14-22-11-7-17-28(22)2/h3-18H,1-2H3/b13-12+,15-14+. The highest BCUT2D eigenvalue weighted by Gasteiger charge is 2.07. The zero-order valence-electron chi connectivity index (χ0n) is 16.0. The van der Waals surface area contributed by atoms with Gasteiger partial charge in [-0.25, -0.2) is 0 Å². The minimum atomic E-state index is 0.830. The summed E-state index contributed by atoms with van der Waals surface area (Å²) in [6.45, 7) is 0. The quantitative estimate of drug-likeness (QED) is 0.489. The highest BCUT2D eigenvalue weighted by atomic mass is 15.1. The second-order valence-electron chi connectivity index (χ2n) is 6.69. The van der Waals surface area contributed by atoms with Crippen molar-refractivity contribution in [2.75, 3.05) is 0 Å². The van der Waals surface area contributed by atoms with Gasteiger partial charge < -0.3 is 9.13 Å². The number of rotatable bonds is 5. The van der Waals surface area contributed by atoms with Crippen LogP contribution in [0.2, 0.25) is 0 Å². The third kappa shape index (κ3) is 3.86. The van der Waals surface area contributed by atoms with Crippen LogP contribution in [-0.2, 0) is 14.1 Å². The Labute approximate surface area is 165 Å². The van der Waals surface area contributed by atoms with Crippen molar-refractivity contribution in [3.8, 4) is 11.1 Å². The highest BCUT2D eigenvalue weighted by molar-refractivity contribution is 5.80. The second-order valence-corrected chi connectivity index (χ2v) is 6.69. The number of aromatic nitrogens is 4. The van der Waals surface area contributed by atoms with E-state index in [1.165, 1.54) is 0 Å². The normalized spacial score (nSPS) is 11.6. The molecule has 0 atom stereocenters. The molecule has 0 bridgehead atoms. The fraction of sp³-hybridized carbons (Fsp3) is 0.0833. The molecule has 0 aliphatic rings. The van der Waals surface area contributed by atoms with Crippen LogP contribution in [0.15, 0.2) is 73.1 Å². The van der Waals surface area contributed by atoms with Gasteiger partial charge in [-0.3, -0.25) is 0 Å². The van der Waals surface area contributed by atoms with E-state index in [1.54, 1.807) is 0 Å². The maximum Gasteiger partial charge on any atom is 0.0936 e. The molecule has 0 saturated heterocycles. The van der Waals surface area contributed by atoms with Crippen LogP contribution >= 0.6 is 0 Å². The molecule has 0 fully saturated rings. The average molecular weight is 366 g/mol. The molecule has 3 aromatic heterocycles. The molecule has 4 aromatic rings. The summed E-state index contributed by atoms with van der Waals surface area (Å²) in [6.07, 6.45) is 12.2. The molecular formula is C24H22N4. The molecule has 3 heterocycles. The van der Waals surface area contributed by atoms with Crippen molar-refractivity contribution in [2.24, 2.45) is 14.1 Å². The van der Waals surface area contributed by atoms with Crippen LogP contribution in [0.5, 0.6) is 0 Å². The summed E-state index contributed by atoms with van der Waals surface area (Å²) in [7, 11) is 4.05. The van der Waals surface area contributed by atoms with E-state index in [0.717, 1.165) is 33.9 Å². The van der Waals surface area contributed by atoms with Crippen LogP contribution in [0.3, 0.4) is 0 Å². The van der Waals surface area contributed by atoms with Gasteiger partial charge in [0.25, 0.3) is 0 Å². The van der Waals surface area contributed by atoms with E-state index in [9.17, 15) is 0 Å². The van der Waals surface area contributed by atoms with E-state index in [4.69, 9.17) is 0 Å². The van der Waals surface area contributed by atoms with Crippen molar-refractivity contribution >= 4 is 24.3 Å². The van der Waals surface area contributed by atoms with Gasteiger partial charge in [0.2, 0.25) is 0 Å². The molecule has 0 aliphatic carbocycles. The zero-order chi connectivity index (χ0) is 19.3. The molecular weight excluding hydrogens is 344 g/mol. The van der Waals surface area contributed by atoms with E-state index < -0.39 is 0 Å². The van der Waals surface area contributed by atoms with E-state index in [-0.39, 0.29) is 0 Å². The molecule has 4 rings (SSSR count). The van der Waals surface area contributed by atoms with E-state index in [1.807, 2.05) is 69.0 Å². The Morgan fingerprint density at radius 2 is 1.32 bits per heavy atom. The molecule has 0 radical (unpaired) electrons. The first-order valence-electron chi connectivity index (χ1n) is 9.23. The minimum Gasteiger partial charge on any atom is -0.351 e. The van der Waals surface area contributed by atoms with Gasteiger partial charge in [-0.05, 0) is 60.2 Å². The fourth-order valence-electron chi connectivity index (χ4n) is 3.10. The third-order valence-corrected chi connectivity index (χ3v) is 4.73. The molecule has 0 N–H and O–H groups in total. The Morgan fingerprint density at radius 1 is 0.679 bits per heavy atom. The number of hydrogen-bond donors (Lipinski definition) is 0. The smallest absolute Gasteiger partial charge is 0.0936 e. The lowest BCUT2D eigenvalue weighted by atomic mass is 10.0. The third-order valence-electron chi connectivity index (χ3n) is 4.73. The molecule has 0 spiro atoms. The van der Waals surface area contributed by atoms with E-state index in [2.05, 4.69) is 61.8 Å². The lowest BCUT2D eigenvalue weighted by Crippen LogP contribution is -1.95. The topological polar surface area (TPSA) is 35.6 Å². The van der Waals surface area contributed by atoms with Crippen molar-refractivity contribution in [1.29, 1.82) is 0 Å². The molecule has 0 unspecified atom stereocenters. The van der Waals surface area contributed by atoms with Crippen LogP contribution in [0, 0.1) is 0 Å².